The van der Waals surface area contributed by atoms with Crippen LogP contribution in [0.1, 0.15) is 57.0 Å². The van der Waals surface area contributed by atoms with E-state index >= 15 is 0 Å². The van der Waals surface area contributed by atoms with Crippen LogP contribution in [0.3, 0.4) is 0 Å². The summed E-state index contributed by atoms with van der Waals surface area (Å²) in [7, 11) is 0. The van der Waals surface area contributed by atoms with E-state index in [0.717, 1.165) is 36.9 Å². The van der Waals surface area contributed by atoms with Crippen LogP contribution < -0.4 is 10.6 Å². The van der Waals surface area contributed by atoms with Crippen molar-refractivity contribution in [3.8, 4) is 0 Å². The maximum atomic E-state index is 5.38. The highest BCUT2D eigenvalue weighted by Crippen LogP contribution is 2.28. The van der Waals surface area contributed by atoms with E-state index in [2.05, 4.69) is 41.4 Å². The van der Waals surface area contributed by atoms with E-state index < -0.39 is 0 Å². The third-order valence-electron chi connectivity index (χ3n) is 4.68. The molecular formula is C20H31N5O. The first-order chi connectivity index (χ1) is 12.7. The molecule has 1 fully saturated rings. The Kier molecular flexibility index (Phi) is 6.75. The van der Waals surface area contributed by atoms with Gasteiger partial charge < -0.3 is 15.1 Å². The Bertz CT molecular complexity index is 668. The smallest absolute Gasteiger partial charge is 0.191 e. The van der Waals surface area contributed by atoms with Gasteiger partial charge in [-0.25, -0.2) is 4.99 Å². The van der Waals surface area contributed by atoms with Crippen LogP contribution in [0.25, 0.3) is 0 Å². The molecule has 1 aliphatic rings. The van der Waals surface area contributed by atoms with Crippen molar-refractivity contribution >= 4 is 5.96 Å². The van der Waals surface area contributed by atoms with E-state index in [4.69, 9.17) is 14.5 Å². The molecule has 2 N–H and O–H groups in total. The van der Waals surface area contributed by atoms with Crippen LogP contribution in [0.5, 0.6) is 0 Å². The number of aromatic nitrogens is 2. The number of hydrogen-bond acceptors (Lipinski definition) is 3. The summed E-state index contributed by atoms with van der Waals surface area (Å²) in [6.45, 7) is 6.65. The average Bonchev–Trinajstić information content (AvgIpc) is 3.38. The van der Waals surface area contributed by atoms with Gasteiger partial charge in [0.25, 0.3) is 0 Å². The van der Waals surface area contributed by atoms with Crippen LogP contribution >= 0.6 is 0 Å². The minimum Gasteiger partial charge on any atom is -0.469 e. The minimum absolute atomic E-state index is 0.564. The van der Waals surface area contributed by atoms with Gasteiger partial charge in [-0.2, -0.15) is 5.10 Å². The van der Waals surface area contributed by atoms with E-state index in [1.54, 1.807) is 6.26 Å². The average molecular weight is 358 g/mol. The van der Waals surface area contributed by atoms with Crippen molar-refractivity contribution in [2.75, 3.05) is 13.1 Å². The van der Waals surface area contributed by atoms with Gasteiger partial charge in [0.15, 0.2) is 5.96 Å². The molecule has 1 saturated carbocycles. The molecule has 2 aromatic heterocycles. The fraction of sp³-hybridized carbons (Fsp3) is 0.600. The van der Waals surface area contributed by atoms with Crippen molar-refractivity contribution in [1.29, 1.82) is 0 Å². The van der Waals surface area contributed by atoms with Crippen molar-refractivity contribution in [3.63, 3.8) is 0 Å². The van der Waals surface area contributed by atoms with Crippen LogP contribution in [0.2, 0.25) is 0 Å². The van der Waals surface area contributed by atoms with E-state index in [1.165, 1.54) is 25.7 Å². The van der Waals surface area contributed by atoms with Gasteiger partial charge in [-0.05, 0) is 37.0 Å². The maximum Gasteiger partial charge on any atom is 0.191 e. The number of hydrogen-bond donors (Lipinski definition) is 2. The summed E-state index contributed by atoms with van der Waals surface area (Å²) >= 11 is 0. The van der Waals surface area contributed by atoms with Gasteiger partial charge in [0.05, 0.1) is 24.5 Å². The van der Waals surface area contributed by atoms with Crippen LogP contribution in [0, 0.1) is 5.92 Å². The molecule has 0 aliphatic heterocycles. The lowest BCUT2D eigenvalue weighted by Gasteiger charge is -2.13. The molecule has 0 aromatic carbocycles. The van der Waals surface area contributed by atoms with Crippen LogP contribution in [0.15, 0.2) is 40.1 Å². The molecule has 142 valence electrons. The molecule has 26 heavy (non-hydrogen) atoms. The summed E-state index contributed by atoms with van der Waals surface area (Å²) in [5.74, 6) is 2.38. The van der Waals surface area contributed by atoms with E-state index in [1.807, 2.05) is 12.1 Å². The zero-order chi connectivity index (χ0) is 18.2. The van der Waals surface area contributed by atoms with Gasteiger partial charge in [-0.1, -0.05) is 26.7 Å². The second-order valence-electron chi connectivity index (χ2n) is 7.42. The van der Waals surface area contributed by atoms with Gasteiger partial charge in [0.2, 0.25) is 0 Å². The summed E-state index contributed by atoms with van der Waals surface area (Å²) in [6.07, 6.45) is 9.79. The predicted molar refractivity (Wildman–Crippen MR) is 104 cm³/mol. The first-order valence-corrected chi connectivity index (χ1v) is 9.79. The van der Waals surface area contributed by atoms with Crippen molar-refractivity contribution in [3.05, 3.63) is 42.1 Å². The number of guanidine groups is 1. The molecular weight excluding hydrogens is 326 g/mol. The molecule has 3 rings (SSSR count). The number of nitrogens with zero attached hydrogens (tertiary/aromatic N) is 3. The van der Waals surface area contributed by atoms with Crippen molar-refractivity contribution in [1.82, 2.24) is 20.4 Å². The second kappa shape index (κ2) is 9.46. The van der Waals surface area contributed by atoms with E-state index in [0.29, 0.717) is 18.5 Å². The van der Waals surface area contributed by atoms with Gasteiger partial charge in [0, 0.05) is 25.7 Å². The quantitative estimate of drug-likeness (QED) is 0.560. The normalized spacial score (nSPS) is 15.7. The highest BCUT2D eigenvalue weighted by atomic mass is 16.3. The van der Waals surface area contributed by atoms with Crippen molar-refractivity contribution in [2.24, 2.45) is 10.9 Å². The lowest BCUT2D eigenvalue weighted by molar-refractivity contribution is 0.463. The summed E-state index contributed by atoms with van der Waals surface area (Å²) in [5, 5.41) is 11.5. The summed E-state index contributed by atoms with van der Waals surface area (Å²) in [4.78, 5) is 4.71. The van der Waals surface area contributed by atoms with Gasteiger partial charge in [-0.15, -0.1) is 0 Å². The Labute approximate surface area is 156 Å². The molecule has 6 nitrogen and oxygen atoms in total. The number of aliphatic imine (C=N–C) groups is 1. The lowest BCUT2D eigenvalue weighted by atomic mass is 10.2. The Hall–Kier alpha value is -2.24. The molecule has 0 atom stereocenters. The Balaban J connectivity index is 1.53. The Morgan fingerprint density at radius 3 is 2.88 bits per heavy atom. The third kappa shape index (κ3) is 5.64. The van der Waals surface area contributed by atoms with E-state index in [-0.39, 0.29) is 0 Å². The first-order valence-electron chi connectivity index (χ1n) is 9.79. The second-order valence-corrected chi connectivity index (χ2v) is 7.42. The molecule has 2 heterocycles. The Morgan fingerprint density at radius 1 is 1.31 bits per heavy atom. The molecule has 2 aromatic rings. The standard InChI is InChI=1S/C20H31N5O/c1-16(2)14-22-20(21-11-9-19-8-5-13-26-19)23-15-17-10-12-25(24-17)18-6-3-4-7-18/h5,8,10,12-13,16,18H,3-4,6-7,9,11,14-15H2,1-2H3,(H2,21,22,23). The highest BCUT2D eigenvalue weighted by Gasteiger charge is 2.17. The highest BCUT2D eigenvalue weighted by molar-refractivity contribution is 5.79. The molecule has 0 saturated heterocycles. The van der Waals surface area contributed by atoms with Crippen molar-refractivity contribution < 1.29 is 4.42 Å². The van der Waals surface area contributed by atoms with E-state index in [9.17, 15) is 0 Å². The summed E-state index contributed by atoms with van der Waals surface area (Å²) < 4.78 is 7.51. The first kappa shape index (κ1) is 18.5. The Morgan fingerprint density at radius 2 is 2.15 bits per heavy atom. The zero-order valence-electron chi connectivity index (χ0n) is 15.9. The molecule has 0 bridgehead atoms. The van der Waals surface area contributed by atoms with Crippen LogP contribution in [-0.4, -0.2) is 28.8 Å². The predicted octanol–water partition coefficient (Wildman–Crippen LogP) is 3.53. The third-order valence-corrected chi connectivity index (χ3v) is 4.68. The fourth-order valence-electron chi connectivity index (χ4n) is 3.23. The minimum atomic E-state index is 0.564. The van der Waals surface area contributed by atoms with Gasteiger partial charge in [0.1, 0.15) is 5.76 Å². The molecule has 6 heteroatoms. The topological polar surface area (TPSA) is 67.4 Å². The number of nitrogens with one attached hydrogen (secondary N) is 2. The summed E-state index contributed by atoms with van der Waals surface area (Å²) in [5.41, 5.74) is 1.02. The molecule has 0 radical (unpaired) electrons. The van der Waals surface area contributed by atoms with Crippen LogP contribution in [0.4, 0.5) is 0 Å². The van der Waals surface area contributed by atoms with Gasteiger partial charge >= 0.3 is 0 Å². The van der Waals surface area contributed by atoms with Crippen LogP contribution in [-0.2, 0) is 13.0 Å². The van der Waals surface area contributed by atoms with Gasteiger partial charge in [-0.3, -0.25) is 4.68 Å². The zero-order valence-corrected chi connectivity index (χ0v) is 15.9. The maximum absolute atomic E-state index is 5.38. The number of rotatable bonds is 8. The SMILES string of the molecule is CC(C)CNC(=NCc1ccn(C2CCCC2)n1)NCCc1ccco1. The molecule has 1 aliphatic carbocycles. The lowest BCUT2D eigenvalue weighted by Crippen LogP contribution is -2.40. The monoisotopic (exact) mass is 357 g/mol. The summed E-state index contributed by atoms with van der Waals surface area (Å²) in [6, 6.07) is 6.58. The molecule has 0 spiro atoms. The number of furan rings is 1. The largest absolute Gasteiger partial charge is 0.469 e. The van der Waals surface area contributed by atoms with Crippen molar-refractivity contribution in [2.45, 2.75) is 58.5 Å². The fourth-order valence-corrected chi connectivity index (χ4v) is 3.23. The molecule has 0 amide bonds. The molecule has 0 unspecified atom stereocenters.